The van der Waals surface area contributed by atoms with E-state index in [9.17, 15) is 0 Å². The number of ether oxygens (including phenoxy) is 1. The van der Waals surface area contributed by atoms with Gasteiger partial charge in [-0.25, -0.2) is 0 Å². The van der Waals surface area contributed by atoms with Crippen molar-refractivity contribution in [2.75, 3.05) is 50.1 Å². The third-order valence-electron chi connectivity index (χ3n) is 3.08. The van der Waals surface area contributed by atoms with E-state index < -0.39 is 0 Å². The largest absolute Gasteiger partial charge is 0.378 e. The summed E-state index contributed by atoms with van der Waals surface area (Å²) in [5, 5.41) is 6.56. The van der Waals surface area contributed by atoms with Gasteiger partial charge in [0.1, 0.15) is 0 Å². The lowest BCUT2D eigenvalue weighted by Crippen LogP contribution is -2.37. The van der Waals surface area contributed by atoms with Gasteiger partial charge in [-0.1, -0.05) is 12.1 Å². The molecule has 5 heteroatoms. The average molecular weight is 262 g/mol. The number of nitrogens with one attached hydrogen (secondary N) is 2. The lowest BCUT2D eigenvalue weighted by Gasteiger charge is -2.30. The van der Waals surface area contributed by atoms with Gasteiger partial charge in [-0.3, -0.25) is 4.99 Å². The molecule has 1 fully saturated rings. The molecule has 0 radical (unpaired) electrons. The van der Waals surface area contributed by atoms with Crippen molar-refractivity contribution in [1.29, 1.82) is 0 Å². The lowest BCUT2D eigenvalue weighted by atomic mass is 10.2. The Labute approximate surface area is 114 Å². The van der Waals surface area contributed by atoms with Gasteiger partial charge in [-0.05, 0) is 19.1 Å². The molecule has 19 heavy (non-hydrogen) atoms. The first-order valence-electron chi connectivity index (χ1n) is 6.74. The Bertz CT molecular complexity index is 427. The number of benzene rings is 1. The zero-order valence-electron chi connectivity index (χ0n) is 11.6. The number of rotatable bonds is 3. The summed E-state index contributed by atoms with van der Waals surface area (Å²) in [5.74, 6) is 0.795. The van der Waals surface area contributed by atoms with Crippen molar-refractivity contribution in [1.82, 2.24) is 5.32 Å². The maximum Gasteiger partial charge on any atom is 0.195 e. The highest BCUT2D eigenvalue weighted by atomic mass is 16.5. The van der Waals surface area contributed by atoms with Gasteiger partial charge in [0.25, 0.3) is 0 Å². The molecule has 0 aromatic heterocycles. The Morgan fingerprint density at radius 3 is 2.74 bits per heavy atom. The van der Waals surface area contributed by atoms with Crippen molar-refractivity contribution in [3.63, 3.8) is 0 Å². The zero-order chi connectivity index (χ0) is 13.5. The van der Waals surface area contributed by atoms with E-state index >= 15 is 0 Å². The van der Waals surface area contributed by atoms with Crippen LogP contribution in [0.1, 0.15) is 6.92 Å². The second-order valence-corrected chi connectivity index (χ2v) is 4.34. The van der Waals surface area contributed by atoms with E-state index in [-0.39, 0.29) is 0 Å². The van der Waals surface area contributed by atoms with Gasteiger partial charge in [0.15, 0.2) is 5.96 Å². The van der Waals surface area contributed by atoms with Crippen LogP contribution in [-0.2, 0) is 4.74 Å². The molecule has 5 nitrogen and oxygen atoms in total. The first-order valence-corrected chi connectivity index (χ1v) is 6.74. The second kappa shape index (κ2) is 6.99. The van der Waals surface area contributed by atoms with E-state index in [4.69, 9.17) is 4.74 Å². The first-order chi connectivity index (χ1) is 9.35. The summed E-state index contributed by atoms with van der Waals surface area (Å²) in [6.45, 7) is 6.34. The molecule has 0 spiro atoms. The highest BCUT2D eigenvalue weighted by Gasteiger charge is 2.14. The van der Waals surface area contributed by atoms with Gasteiger partial charge in [0.2, 0.25) is 0 Å². The van der Waals surface area contributed by atoms with E-state index in [0.29, 0.717) is 0 Å². The number of guanidine groups is 1. The topological polar surface area (TPSA) is 48.9 Å². The van der Waals surface area contributed by atoms with Crippen LogP contribution in [0.25, 0.3) is 0 Å². The predicted octanol–water partition coefficient (Wildman–Crippen LogP) is 1.53. The molecule has 1 aliphatic heterocycles. The van der Waals surface area contributed by atoms with E-state index in [2.05, 4.69) is 45.6 Å². The van der Waals surface area contributed by atoms with Crippen LogP contribution in [0.5, 0.6) is 0 Å². The minimum absolute atomic E-state index is 0.788. The number of anilines is 2. The fourth-order valence-electron chi connectivity index (χ4n) is 2.13. The molecule has 1 heterocycles. The Kier molecular flexibility index (Phi) is 5.03. The van der Waals surface area contributed by atoms with Crippen LogP contribution in [0, 0.1) is 0 Å². The lowest BCUT2D eigenvalue weighted by molar-refractivity contribution is 0.123. The van der Waals surface area contributed by atoms with E-state index in [1.807, 2.05) is 6.07 Å². The quantitative estimate of drug-likeness (QED) is 0.641. The number of para-hydroxylation sites is 2. The summed E-state index contributed by atoms with van der Waals surface area (Å²) in [6, 6.07) is 8.30. The molecule has 2 rings (SSSR count). The van der Waals surface area contributed by atoms with Crippen LogP contribution < -0.4 is 15.5 Å². The Morgan fingerprint density at radius 1 is 1.32 bits per heavy atom. The van der Waals surface area contributed by atoms with Gasteiger partial charge >= 0.3 is 0 Å². The molecule has 2 N–H and O–H groups in total. The molecule has 1 saturated heterocycles. The molecule has 0 saturated carbocycles. The third-order valence-corrected chi connectivity index (χ3v) is 3.08. The summed E-state index contributed by atoms with van der Waals surface area (Å²) < 4.78 is 5.40. The predicted molar refractivity (Wildman–Crippen MR) is 80.1 cm³/mol. The van der Waals surface area contributed by atoms with Crippen molar-refractivity contribution < 1.29 is 4.74 Å². The maximum atomic E-state index is 5.40. The normalized spacial score (nSPS) is 16.3. The van der Waals surface area contributed by atoms with E-state index in [0.717, 1.165) is 44.5 Å². The van der Waals surface area contributed by atoms with E-state index in [1.54, 1.807) is 7.05 Å². The SMILES string of the molecule is CCNC(=NC)Nc1ccccc1N1CCOCC1. The number of hydrogen-bond donors (Lipinski definition) is 2. The van der Waals surface area contributed by atoms with Crippen LogP contribution >= 0.6 is 0 Å². The number of nitrogens with zero attached hydrogens (tertiary/aromatic N) is 2. The maximum absolute atomic E-state index is 5.40. The van der Waals surface area contributed by atoms with Crippen LogP contribution in [0.2, 0.25) is 0 Å². The standard InChI is InChI=1S/C14H22N4O/c1-3-16-14(15-2)17-12-6-4-5-7-13(12)18-8-10-19-11-9-18/h4-7H,3,8-11H2,1-2H3,(H2,15,16,17). The first kappa shape index (κ1) is 13.7. The van der Waals surface area contributed by atoms with Crippen molar-refractivity contribution in [2.24, 2.45) is 4.99 Å². The highest BCUT2D eigenvalue weighted by Crippen LogP contribution is 2.26. The molecule has 1 aromatic carbocycles. The second-order valence-electron chi connectivity index (χ2n) is 4.34. The molecule has 0 amide bonds. The van der Waals surface area contributed by atoms with Crippen molar-refractivity contribution in [3.05, 3.63) is 24.3 Å². The minimum Gasteiger partial charge on any atom is -0.378 e. The van der Waals surface area contributed by atoms with Gasteiger partial charge in [0, 0.05) is 26.7 Å². The molecule has 0 atom stereocenters. The Morgan fingerprint density at radius 2 is 2.05 bits per heavy atom. The third kappa shape index (κ3) is 3.61. The van der Waals surface area contributed by atoms with Crippen molar-refractivity contribution >= 4 is 17.3 Å². The summed E-state index contributed by atoms with van der Waals surface area (Å²) in [5.41, 5.74) is 2.27. The fraction of sp³-hybridized carbons (Fsp3) is 0.500. The van der Waals surface area contributed by atoms with E-state index in [1.165, 1.54) is 5.69 Å². The molecular formula is C14H22N4O. The van der Waals surface area contributed by atoms with Gasteiger partial charge in [0.05, 0.1) is 24.6 Å². The zero-order valence-corrected chi connectivity index (χ0v) is 11.6. The number of hydrogen-bond acceptors (Lipinski definition) is 3. The average Bonchev–Trinajstić information content (AvgIpc) is 2.48. The smallest absolute Gasteiger partial charge is 0.195 e. The van der Waals surface area contributed by atoms with Gasteiger partial charge < -0.3 is 20.3 Å². The Balaban J connectivity index is 2.15. The molecule has 0 unspecified atom stereocenters. The van der Waals surface area contributed by atoms with Gasteiger partial charge in [-0.15, -0.1) is 0 Å². The summed E-state index contributed by atoms with van der Waals surface area (Å²) in [4.78, 5) is 6.55. The molecule has 0 bridgehead atoms. The summed E-state index contributed by atoms with van der Waals surface area (Å²) in [6.07, 6.45) is 0. The van der Waals surface area contributed by atoms with Crippen LogP contribution in [-0.4, -0.2) is 45.9 Å². The monoisotopic (exact) mass is 262 g/mol. The summed E-state index contributed by atoms with van der Waals surface area (Å²) in [7, 11) is 1.78. The Hall–Kier alpha value is -1.75. The van der Waals surface area contributed by atoms with Crippen molar-refractivity contribution in [3.8, 4) is 0 Å². The molecule has 1 aliphatic rings. The van der Waals surface area contributed by atoms with Crippen LogP contribution in [0.15, 0.2) is 29.3 Å². The number of aliphatic imine (C=N–C) groups is 1. The highest BCUT2D eigenvalue weighted by molar-refractivity contribution is 5.96. The summed E-state index contributed by atoms with van der Waals surface area (Å²) >= 11 is 0. The fourth-order valence-corrected chi connectivity index (χ4v) is 2.13. The molecule has 104 valence electrons. The van der Waals surface area contributed by atoms with Crippen LogP contribution in [0.3, 0.4) is 0 Å². The molecular weight excluding hydrogens is 240 g/mol. The molecule has 1 aromatic rings. The van der Waals surface area contributed by atoms with Crippen LogP contribution in [0.4, 0.5) is 11.4 Å². The van der Waals surface area contributed by atoms with Crippen molar-refractivity contribution in [2.45, 2.75) is 6.92 Å². The number of morpholine rings is 1. The molecule has 0 aliphatic carbocycles. The van der Waals surface area contributed by atoms with Gasteiger partial charge in [-0.2, -0.15) is 0 Å². The minimum atomic E-state index is 0.788.